The standard InChI is InChI=1S/C10H7ClF4/c1-2-3-6-7(10(13,14)15)4-5-8(11)9(6)12/h2-5H,1H3. The Hall–Kier alpha value is -1.03. The lowest BCUT2D eigenvalue weighted by Gasteiger charge is -2.11. The van der Waals surface area contributed by atoms with Crippen LogP contribution in [0.5, 0.6) is 0 Å². The van der Waals surface area contributed by atoms with E-state index in [0.29, 0.717) is 0 Å². The zero-order valence-electron chi connectivity index (χ0n) is 7.70. The molecular weight excluding hydrogens is 232 g/mol. The molecule has 0 radical (unpaired) electrons. The topological polar surface area (TPSA) is 0 Å². The minimum Gasteiger partial charge on any atom is -0.205 e. The molecule has 5 heteroatoms. The summed E-state index contributed by atoms with van der Waals surface area (Å²) in [7, 11) is 0. The molecule has 82 valence electrons. The third-order valence-corrected chi connectivity index (χ3v) is 2.06. The van der Waals surface area contributed by atoms with E-state index >= 15 is 0 Å². The van der Waals surface area contributed by atoms with Crippen LogP contribution in [0.2, 0.25) is 5.02 Å². The number of alkyl halides is 3. The van der Waals surface area contributed by atoms with Crippen molar-refractivity contribution in [3.63, 3.8) is 0 Å². The molecule has 0 spiro atoms. The van der Waals surface area contributed by atoms with Gasteiger partial charge in [0.05, 0.1) is 10.6 Å². The minimum atomic E-state index is -4.58. The molecular formula is C10H7ClF4. The molecule has 0 saturated carbocycles. The second-order valence-corrected chi connectivity index (χ2v) is 3.23. The van der Waals surface area contributed by atoms with Gasteiger partial charge in [0.2, 0.25) is 0 Å². The zero-order valence-corrected chi connectivity index (χ0v) is 8.46. The molecule has 0 heterocycles. The Balaban J connectivity index is 3.47. The summed E-state index contributed by atoms with van der Waals surface area (Å²) < 4.78 is 50.6. The smallest absolute Gasteiger partial charge is 0.205 e. The highest BCUT2D eigenvalue weighted by atomic mass is 35.5. The van der Waals surface area contributed by atoms with Gasteiger partial charge in [-0.25, -0.2) is 4.39 Å². The minimum absolute atomic E-state index is 0.323. The van der Waals surface area contributed by atoms with Gasteiger partial charge in [-0.05, 0) is 19.1 Å². The second-order valence-electron chi connectivity index (χ2n) is 2.82. The van der Waals surface area contributed by atoms with E-state index in [0.717, 1.165) is 18.2 Å². The maximum Gasteiger partial charge on any atom is 0.417 e. The molecule has 0 fully saturated rings. The molecule has 0 amide bonds. The van der Waals surface area contributed by atoms with E-state index in [1.54, 1.807) is 0 Å². The quantitative estimate of drug-likeness (QED) is 0.631. The highest BCUT2D eigenvalue weighted by molar-refractivity contribution is 6.30. The molecule has 0 aliphatic heterocycles. The van der Waals surface area contributed by atoms with Crippen LogP contribution in [0.3, 0.4) is 0 Å². The molecule has 0 atom stereocenters. The van der Waals surface area contributed by atoms with Crippen molar-refractivity contribution in [2.24, 2.45) is 0 Å². The Labute approximate surface area is 89.2 Å². The molecule has 0 saturated heterocycles. The number of hydrogen-bond acceptors (Lipinski definition) is 0. The summed E-state index contributed by atoms with van der Waals surface area (Å²) in [6.07, 6.45) is -2.21. The zero-order chi connectivity index (χ0) is 11.6. The van der Waals surface area contributed by atoms with E-state index in [2.05, 4.69) is 0 Å². The fraction of sp³-hybridized carbons (Fsp3) is 0.200. The van der Waals surface area contributed by atoms with Gasteiger partial charge < -0.3 is 0 Å². The Morgan fingerprint density at radius 2 is 1.87 bits per heavy atom. The van der Waals surface area contributed by atoms with Crippen LogP contribution in [0.25, 0.3) is 6.08 Å². The lowest BCUT2D eigenvalue weighted by molar-refractivity contribution is -0.137. The van der Waals surface area contributed by atoms with Crippen molar-refractivity contribution in [3.8, 4) is 0 Å². The number of halogens is 5. The van der Waals surface area contributed by atoms with Gasteiger partial charge in [0.25, 0.3) is 0 Å². The van der Waals surface area contributed by atoms with Crippen LogP contribution in [0, 0.1) is 5.82 Å². The molecule has 0 bridgehead atoms. The molecule has 0 nitrogen and oxygen atoms in total. The Morgan fingerprint density at radius 1 is 1.27 bits per heavy atom. The molecule has 1 rings (SSSR count). The van der Waals surface area contributed by atoms with E-state index in [1.165, 1.54) is 13.0 Å². The Kier molecular flexibility index (Phi) is 3.39. The van der Waals surface area contributed by atoms with Crippen molar-refractivity contribution in [1.29, 1.82) is 0 Å². The van der Waals surface area contributed by atoms with Crippen LogP contribution in [0.15, 0.2) is 18.2 Å². The van der Waals surface area contributed by atoms with Crippen molar-refractivity contribution in [3.05, 3.63) is 40.2 Å². The molecule has 0 aliphatic rings. The van der Waals surface area contributed by atoms with Crippen molar-refractivity contribution < 1.29 is 17.6 Å². The average Bonchev–Trinajstić information content (AvgIpc) is 2.11. The van der Waals surface area contributed by atoms with Gasteiger partial charge in [-0.3, -0.25) is 0 Å². The summed E-state index contributed by atoms with van der Waals surface area (Å²) in [4.78, 5) is 0. The van der Waals surface area contributed by atoms with Crippen LogP contribution in [-0.2, 0) is 6.18 Å². The van der Waals surface area contributed by atoms with Crippen LogP contribution in [-0.4, -0.2) is 0 Å². The molecule has 0 N–H and O–H groups in total. The van der Waals surface area contributed by atoms with Gasteiger partial charge in [-0.15, -0.1) is 0 Å². The lowest BCUT2D eigenvalue weighted by atomic mass is 10.1. The van der Waals surface area contributed by atoms with E-state index in [4.69, 9.17) is 11.6 Å². The summed E-state index contributed by atoms with van der Waals surface area (Å²) in [5, 5.41) is -0.323. The molecule has 15 heavy (non-hydrogen) atoms. The van der Waals surface area contributed by atoms with E-state index in [-0.39, 0.29) is 5.02 Å². The van der Waals surface area contributed by atoms with Gasteiger partial charge in [0.15, 0.2) is 0 Å². The van der Waals surface area contributed by atoms with Crippen molar-refractivity contribution in [2.75, 3.05) is 0 Å². The first kappa shape index (κ1) is 12.0. The predicted molar refractivity (Wildman–Crippen MR) is 51.1 cm³/mol. The van der Waals surface area contributed by atoms with Gasteiger partial charge in [0, 0.05) is 5.56 Å². The summed E-state index contributed by atoms with van der Waals surface area (Å²) >= 11 is 5.40. The summed E-state index contributed by atoms with van der Waals surface area (Å²) in [6, 6.07) is 1.66. The predicted octanol–water partition coefficient (Wildman–Crippen LogP) is 4.53. The summed E-state index contributed by atoms with van der Waals surface area (Å²) in [5.74, 6) is -1.05. The highest BCUT2D eigenvalue weighted by Gasteiger charge is 2.34. The Bertz CT molecular complexity index is 393. The molecule has 0 aromatic heterocycles. The normalized spacial score (nSPS) is 12.4. The Morgan fingerprint density at radius 3 is 2.33 bits per heavy atom. The van der Waals surface area contributed by atoms with Crippen LogP contribution in [0.4, 0.5) is 17.6 Å². The van der Waals surface area contributed by atoms with Crippen LogP contribution < -0.4 is 0 Å². The third kappa shape index (κ3) is 2.50. The maximum absolute atomic E-state index is 13.3. The second kappa shape index (κ2) is 4.23. The fourth-order valence-corrected chi connectivity index (χ4v) is 1.31. The van der Waals surface area contributed by atoms with Crippen LogP contribution in [0.1, 0.15) is 18.1 Å². The first-order chi connectivity index (χ1) is 6.88. The van der Waals surface area contributed by atoms with E-state index in [1.807, 2.05) is 0 Å². The van der Waals surface area contributed by atoms with Gasteiger partial charge >= 0.3 is 6.18 Å². The van der Waals surface area contributed by atoms with Crippen molar-refractivity contribution in [2.45, 2.75) is 13.1 Å². The molecule has 0 unspecified atom stereocenters. The van der Waals surface area contributed by atoms with Gasteiger partial charge in [-0.2, -0.15) is 13.2 Å². The van der Waals surface area contributed by atoms with E-state index < -0.39 is 23.1 Å². The molecule has 1 aromatic rings. The summed E-state index contributed by atoms with van der Waals surface area (Å²) in [6.45, 7) is 1.50. The third-order valence-electron chi connectivity index (χ3n) is 1.77. The molecule has 0 aliphatic carbocycles. The number of rotatable bonds is 1. The monoisotopic (exact) mass is 238 g/mol. The number of allylic oxidation sites excluding steroid dienone is 1. The maximum atomic E-state index is 13.3. The first-order valence-electron chi connectivity index (χ1n) is 4.05. The average molecular weight is 239 g/mol. The van der Waals surface area contributed by atoms with Gasteiger partial charge in [0.1, 0.15) is 5.82 Å². The van der Waals surface area contributed by atoms with Gasteiger partial charge in [-0.1, -0.05) is 23.8 Å². The van der Waals surface area contributed by atoms with Crippen molar-refractivity contribution >= 4 is 17.7 Å². The van der Waals surface area contributed by atoms with Crippen molar-refractivity contribution in [1.82, 2.24) is 0 Å². The largest absolute Gasteiger partial charge is 0.417 e. The first-order valence-corrected chi connectivity index (χ1v) is 4.43. The molecule has 1 aromatic carbocycles. The number of hydrogen-bond donors (Lipinski definition) is 0. The van der Waals surface area contributed by atoms with E-state index in [9.17, 15) is 17.6 Å². The SMILES string of the molecule is CC=Cc1c(C(F)(F)F)ccc(Cl)c1F. The van der Waals surface area contributed by atoms with Crippen LogP contribution >= 0.6 is 11.6 Å². The number of benzene rings is 1. The lowest BCUT2D eigenvalue weighted by Crippen LogP contribution is -2.08. The highest BCUT2D eigenvalue weighted by Crippen LogP contribution is 2.35. The fourth-order valence-electron chi connectivity index (χ4n) is 1.14. The summed E-state index contributed by atoms with van der Waals surface area (Å²) in [5.41, 5.74) is -1.56.